The highest BCUT2D eigenvalue weighted by atomic mass is 127. The Labute approximate surface area is 141 Å². The third-order valence-electron chi connectivity index (χ3n) is 3.02. The van der Waals surface area contributed by atoms with Crippen LogP contribution in [0.15, 0.2) is 0 Å². The molecule has 122 valence electrons. The first-order valence-electron chi connectivity index (χ1n) is 6.90. The number of carboxylic acid groups (broad SMARTS) is 1. The summed E-state index contributed by atoms with van der Waals surface area (Å²) in [6.45, 7) is 6.70. The summed E-state index contributed by atoms with van der Waals surface area (Å²) in [7, 11) is 0. The second-order valence-corrected chi connectivity index (χ2v) is 7.10. The van der Waals surface area contributed by atoms with Crippen molar-refractivity contribution in [2.45, 2.75) is 45.9 Å². The molecule has 0 saturated carbocycles. The molecule has 0 aromatic carbocycles. The molecule has 8 nitrogen and oxygen atoms in total. The van der Waals surface area contributed by atoms with Gasteiger partial charge in [-0.05, 0) is 49.8 Å². The minimum Gasteiger partial charge on any atom is -0.465 e. The molecule has 0 bridgehead atoms. The molecule has 0 atom stereocenters. The summed E-state index contributed by atoms with van der Waals surface area (Å²) in [5.74, 6) is 0.400. The molecule has 0 fully saturated rings. The van der Waals surface area contributed by atoms with Crippen molar-refractivity contribution in [1.29, 1.82) is 0 Å². The van der Waals surface area contributed by atoms with Crippen molar-refractivity contribution in [2.24, 2.45) is 0 Å². The molecule has 1 aliphatic rings. The van der Waals surface area contributed by atoms with Crippen molar-refractivity contribution in [3.05, 3.63) is 9.26 Å². The summed E-state index contributed by atoms with van der Waals surface area (Å²) in [6, 6.07) is 0. The van der Waals surface area contributed by atoms with Crippen LogP contribution in [0.25, 0.3) is 0 Å². The van der Waals surface area contributed by atoms with Gasteiger partial charge in [0.05, 0.1) is 15.8 Å². The van der Waals surface area contributed by atoms with Gasteiger partial charge in [0.2, 0.25) is 0 Å². The molecule has 1 aromatic rings. The Morgan fingerprint density at radius 1 is 1.36 bits per heavy atom. The minimum atomic E-state index is -0.952. The van der Waals surface area contributed by atoms with Crippen LogP contribution in [0.1, 0.15) is 32.9 Å². The van der Waals surface area contributed by atoms with Gasteiger partial charge in [-0.3, -0.25) is 10.00 Å². The van der Waals surface area contributed by atoms with E-state index in [2.05, 4.69) is 33.0 Å². The van der Waals surface area contributed by atoms with E-state index in [0.717, 1.165) is 9.26 Å². The minimum absolute atomic E-state index is 0.261. The molecule has 0 unspecified atom stereocenters. The van der Waals surface area contributed by atoms with E-state index in [1.165, 1.54) is 4.90 Å². The molecule has 2 heterocycles. The average molecular weight is 422 g/mol. The highest BCUT2D eigenvalue weighted by Crippen LogP contribution is 2.25. The second kappa shape index (κ2) is 6.31. The van der Waals surface area contributed by atoms with Crippen molar-refractivity contribution in [1.82, 2.24) is 14.7 Å². The number of hydrogen-bond donors (Lipinski definition) is 2. The van der Waals surface area contributed by atoms with Crippen LogP contribution < -0.4 is 5.32 Å². The SMILES string of the molecule is CC(C)(C)OC(=O)Nc1nn2c(c1I)CN(C(=O)O)CCC2. The number of hydrogen-bond acceptors (Lipinski definition) is 4. The number of nitrogens with one attached hydrogen (secondary N) is 1. The number of carbonyl (C=O) groups is 2. The molecule has 0 aliphatic carbocycles. The predicted molar refractivity (Wildman–Crippen MR) is 87.9 cm³/mol. The zero-order chi connectivity index (χ0) is 16.5. The van der Waals surface area contributed by atoms with Crippen LogP contribution in [-0.4, -0.2) is 44.1 Å². The Kier molecular flexibility index (Phi) is 4.83. The number of amides is 2. The van der Waals surface area contributed by atoms with Gasteiger partial charge in [0.1, 0.15) is 5.60 Å². The third kappa shape index (κ3) is 4.02. The number of ether oxygens (including phenoxy) is 1. The molecule has 0 spiro atoms. The van der Waals surface area contributed by atoms with E-state index in [4.69, 9.17) is 9.84 Å². The van der Waals surface area contributed by atoms with E-state index < -0.39 is 17.8 Å². The molecule has 0 radical (unpaired) electrons. The highest BCUT2D eigenvalue weighted by Gasteiger charge is 2.25. The summed E-state index contributed by atoms with van der Waals surface area (Å²) < 4.78 is 7.69. The van der Waals surface area contributed by atoms with E-state index in [1.807, 2.05) is 0 Å². The maximum Gasteiger partial charge on any atom is 0.413 e. The first-order valence-corrected chi connectivity index (χ1v) is 7.98. The quantitative estimate of drug-likeness (QED) is 0.679. The van der Waals surface area contributed by atoms with E-state index in [-0.39, 0.29) is 6.54 Å². The smallest absolute Gasteiger partial charge is 0.413 e. The van der Waals surface area contributed by atoms with Crippen LogP contribution >= 0.6 is 22.6 Å². The highest BCUT2D eigenvalue weighted by molar-refractivity contribution is 14.1. The van der Waals surface area contributed by atoms with Gasteiger partial charge in [-0.15, -0.1) is 0 Å². The zero-order valence-corrected chi connectivity index (χ0v) is 14.9. The summed E-state index contributed by atoms with van der Waals surface area (Å²) in [5, 5.41) is 16.1. The number of halogens is 1. The van der Waals surface area contributed by atoms with Gasteiger partial charge in [-0.1, -0.05) is 0 Å². The monoisotopic (exact) mass is 422 g/mol. The average Bonchev–Trinajstić information content (AvgIpc) is 2.56. The van der Waals surface area contributed by atoms with Crippen molar-refractivity contribution in [2.75, 3.05) is 11.9 Å². The summed E-state index contributed by atoms with van der Waals surface area (Å²) in [5.41, 5.74) is 0.193. The third-order valence-corrected chi connectivity index (χ3v) is 4.16. The van der Waals surface area contributed by atoms with Gasteiger partial charge in [0, 0.05) is 13.1 Å². The fraction of sp³-hybridized carbons (Fsp3) is 0.615. The molecule has 1 aliphatic heterocycles. The Morgan fingerprint density at radius 3 is 2.64 bits per heavy atom. The van der Waals surface area contributed by atoms with Gasteiger partial charge >= 0.3 is 12.2 Å². The molecule has 1 aromatic heterocycles. The molecule has 2 N–H and O–H groups in total. The van der Waals surface area contributed by atoms with Crippen molar-refractivity contribution in [3.63, 3.8) is 0 Å². The van der Waals surface area contributed by atoms with Gasteiger partial charge in [-0.25, -0.2) is 9.59 Å². The standard InChI is InChI=1S/C13H19IN4O4/c1-13(2,3)22-11(19)15-10-9(14)8-7-17(12(20)21)5-4-6-18(8)16-10/h4-7H2,1-3H3,(H,20,21)(H,15,16,19). The maximum absolute atomic E-state index is 11.8. The van der Waals surface area contributed by atoms with E-state index in [1.54, 1.807) is 25.5 Å². The Morgan fingerprint density at radius 2 is 2.05 bits per heavy atom. The lowest BCUT2D eigenvalue weighted by atomic mass is 10.2. The normalized spacial score (nSPS) is 15.0. The number of rotatable bonds is 1. The number of fused-ring (bicyclic) bond motifs is 1. The second-order valence-electron chi connectivity index (χ2n) is 6.02. The number of anilines is 1. The van der Waals surface area contributed by atoms with Crippen LogP contribution in [0.3, 0.4) is 0 Å². The number of aryl methyl sites for hydroxylation is 1. The lowest BCUT2D eigenvalue weighted by molar-refractivity contribution is 0.0635. The van der Waals surface area contributed by atoms with Crippen LogP contribution in [0.2, 0.25) is 0 Å². The van der Waals surface area contributed by atoms with Gasteiger partial charge < -0.3 is 14.7 Å². The maximum atomic E-state index is 11.8. The molecule has 2 amide bonds. The number of nitrogens with zero attached hydrogens (tertiary/aromatic N) is 3. The number of aromatic nitrogens is 2. The summed E-state index contributed by atoms with van der Waals surface area (Å²) >= 11 is 2.07. The Hall–Kier alpha value is -1.52. The number of carbonyl (C=O) groups excluding carboxylic acids is 1. The van der Waals surface area contributed by atoms with Gasteiger partial charge in [0.25, 0.3) is 0 Å². The van der Waals surface area contributed by atoms with E-state index in [9.17, 15) is 9.59 Å². The first kappa shape index (κ1) is 16.8. The Balaban J connectivity index is 2.18. The van der Waals surface area contributed by atoms with E-state index >= 15 is 0 Å². The van der Waals surface area contributed by atoms with Crippen LogP contribution in [0.5, 0.6) is 0 Å². The molecule has 9 heteroatoms. The van der Waals surface area contributed by atoms with Gasteiger partial charge in [0.15, 0.2) is 5.82 Å². The molecular formula is C13H19IN4O4. The first-order chi connectivity index (χ1) is 10.2. The van der Waals surface area contributed by atoms with Crippen molar-refractivity contribution in [3.8, 4) is 0 Å². The Bertz CT molecular complexity index is 594. The van der Waals surface area contributed by atoms with Gasteiger partial charge in [-0.2, -0.15) is 5.10 Å². The topological polar surface area (TPSA) is 96.7 Å². The molecule has 2 rings (SSSR count). The van der Waals surface area contributed by atoms with Crippen molar-refractivity contribution < 1.29 is 19.4 Å². The van der Waals surface area contributed by atoms with Crippen LogP contribution in [0, 0.1) is 3.57 Å². The van der Waals surface area contributed by atoms with E-state index in [0.29, 0.717) is 25.3 Å². The zero-order valence-electron chi connectivity index (χ0n) is 12.7. The fourth-order valence-corrected chi connectivity index (χ4v) is 2.82. The molecule has 22 heavy (non-hydrogen) atoms. The van der Waals surface area contributed by atoms with Crippen LogP contribution in [0.4, 0.5) is 15.4 Å². The van der Waals surface area contributed by atoms with Crippen molar-refractivity contribution >= 4 is 40.6 Å². The summed E-state index contributed by atoms with van der Waals surface area (Å²) in [4.78, 5) is 24.4. The lowest BCUT2D eigenvalue weighted by Crippen LogP contribution is -2.29. The predicted octanol–water partition coefficient (Wildman–Crippen LogP) is 2.72. The summed E-state index contributed by atoms with van der Waals surface area (Å²) in [6.07, 6.45) is -0.844. The lowest BCUT2D eigenvalue weighted by Gasteiger charge is -2.19. The fourth-order valence-electron chi connectivity index (χ4n) is 2.13. The van der Waals surface area contributed by atoms with Crippen LogP contribution in [-0.2, 0) is 17.8 Å². The molecular weight excluding hydrogens is 403 g/mol. The largest absolute Gasteiger partial charge is 0.465 e. The molecule has 0 saturated heterocycles.